The second kappa shape index (κ2) is 9.36. The minimum Gasteiger partial charge on any atom is -0.480 e. The standard InChI is InChI=1S/C28H32N2O5/c1-28(26(32)33,17-14-15-17)30-25(31)22-12-6-7-13-24(22)29-27(34)35-16-23-20-10-4-2-8-18(20)19-9-3-5-11-21(19)23/h2-5,8-11,17,22-24H,6-7,12-16H2,1H3,(H,29,34)(H,30,31)(H,32,33). The highest BCUT2D eigenvalue weighted by atomic mass is 16.5. The maximum absolute atomic E-state index is 13.1. The molecule has 3 aliphatic rings. The van der Waals surface area contributed by atoms with E-state index in [0.29, 0.717) is 12.8 Å². The van der Waals surface area contributed by atoms with Gasteiger partial charge in [-0.25, -0.2) is 9.59 Å². The third kappa shape index (κ3) is 4.51. The van der Waals surface area contributed by atoms with Crippen molar-refractivity contribution < 1.29 is 24.2 Å². The maximum Gasteiger partial charge on any atom is 0.407 e. The van der Waals surface area contributed by atoms with E-state index in [2.05, 4.69) is 34.9 Å². The normalized spacial score (nSPS) is 22.9. The molecule has 3 unspecified atom stereocenters. The van der Waals surface area contributed by atoms with Crippen LogP contribution in [-0.2, 0) is 14.3 Å². The number of alkyl carbamates (subject to hydrolysis) is 1. The molecule has 2 saturated carbocycles. The van der Waals surface area contributed by atoms with E-state index in [1.54, 1.807) is 6.92 Å². The molecule has 0 saturated heterocycles. The molecular formula is C28H32N2O5. The number of nitrogens with one attached hydrogen (secondary N) is 2. The van der Waals surface area contributed by atoms with Crippen molar-refractivity contribution in [1.29, 1.82) is 0 Å². The second-order valence-corrected chi connectivity index (χ2v) is 10.2. The van der Waals surface area contributed by atoms with Crippen LogP contribution in [0.3, 0.4) is 0 Å². The van der Waals surface area contributed by atoms with Crippen molar-refractivity contribution >= 4 is 18.0 Å². The number of carboxylic acid groups (broad SMARTS) is 1. The molecule has 3 aliphatic carbocycles. The summed E-state index contributed by atoms with van der Waals surface area (Å²) in [7, 11) is 0. The lowest BCUT2D eigenvalue weighted by molar-refractivity contribution is -0.149. The Balaban J connectivity index is 1.23. The number of carbonyl (C=O) groups is 3. The van der Waals surface area contributed by atoms with E-state index in [9.17, 15) is 19.5 Å². The number of carbonyl (C=O) groups excluding carboxylic acids is 2. The second-order valence-electron chi connectivity index (χ2n) is 10.2. The van der Waals surface area contributed by atoms with E-state index in [1.807, 2.05) is 24.3 Å². The van der Waals surface area contributed by atoms with Gasteiger partial charge in [0.1, 0.15) is 12.1 Å². The van der Waals surface area contributed by atoms with Gasteiger partial charge >= 0.3 is 12.1 Å². The first-order valence-electron chi connectivity index (χ1n) is 12.6. The van der Waals surface area contributed by atoms with Gasteiger partial charge in [-0.1, -0.05) is 61.4 Å². The van der Waals surface area contributed by atoms with Crippen molar-refractivity contribution in [3.63, 3.8) is 0 Å². The van der Waals surface area contributed by atoms with Gasteiger partial charge in [0.2, 0.25) is 5.91 Å². The van der Waals surface area contributed by atoms with Gasteiger partial charge in [-0.15, -0.1) is 0 Å². The first-order chi connectivity index (χ1) is 16.9. The van der Waals surface area contributed by atoms with Gasteiger partial charge in [-0.05, 0) is 60.8 Å². The minimum absolute atomic E-state index is 0.0339. The van der Waals surface area contributed by atoms with Crippen LogP contribution in [0.15, 0.2) is 48.5 Å². The Kier molecular flexibility index (Phi) is 6.26. The van der Waals surface area contributed by atoms with E-state index < -0.39 is 23.5 Å². The Hall–Kier alpha value is -3.35. The van der Waals surface area contributed by atoms with Crippen LogP contribution in [0, 0.1) is 11.8 Å². The molecule has 3 atom stereocenters. The molecule has 2 amide bonds. The zero-order valence-electron chi connectivity index (χ0n) is 20.0. The average molecular weight is 477 g/mol. The summed E-state index contributed by atoms with van der Waals surface area (Å²) < 4.78 is 5.68. The number of amides is 2. The maximum atomic E-state index is 13.1. The predicted octanol–water partition coefficient (Wildman–Crippen LogP) is 4.45. The molecular weight excluding hydrogens is 444 g/mol. The van der Waals surface area contributed by atoms with Gasteiger partial charge in [0.05, 0.1) is 5.92 Å². The molecule has 7 heteroatoms. The number of ether oxygens (including phenoxy) is 1. The van der Waals surface area contributed by atoms with Crippen molar-refractivity contribution in [2.75, 3.05) is 6.61 Å². The van der Waals surface area contributed by atoms with Crippen molar-refractivity contribution in [3.8, 4) is 11.1 Å². The van der Waals surface area contributed by atoms with Crippen LogP contribution < -0.4 is 10.6 Å². The summed E-state index contributed by atoms with van der Waals surface area (Å²) in [4.78, 5) is 37.8. The molecule has 0 bridgehead atoms. The highest BCUT2D eigenvalue weighted by molar-refractivity contribution is 5.89. The van der Waals surface area contributed by atoms with Gasteiger partial charge in [0.15, 0.2) is 0 Å². The number of hydrogen-bond acceptors (Lipinski definition) is 4. The molecule has 184 valence electrons. The van der Waals surface area contributed by atoms with E-state index in [4.69, 9.17) is 4.74 Å². The van der Waals surface area contributed by atoms with Crippen LogP contribution in [0.5, 0.6) is 0 Å². The van der Waals surface area contributed by atoms with Crippen LogP contribution in [0.4, 0.5) is 4.79 Å². The largest absolute Gasteiger partial charge is 0.480 e. The molecule has 35 heavy (non-hydrogen) atoms. The topological polar surface area (TPSA) is 105 Å². The Labute approximate surface area is 205 Å². The minimum atomic E-state index is -1.26. The number of carboxylic acids is 1. The number of benzene rings is 2. The Morgan fingerprint density at radius 2 is 1.54 bits per heavy atom. The highest BCUT2D eigenvalue weighted by Crippen LogP contribution is 2.44. The summed E-state index contributed by atoms with van der Waals surface area (Å²) in [5.41, 5.74) is 3.36. The SMILES string of the molecule is CC(NC(=O)C1CCCCC1NC(=O)OCC1c2ccccc2-c2ccccc21)(C(=O)O)C1CC1. The summed E-state index contributed by atoms with van der Waals surface area (Å²) in [6.07, 6.45) is 4.10. The fourth-order valence-electron chi connectivity index (χ4n) is 5.75. The quantitative estimate of drug-likeness (QED) is 0.548. The Bertz CT molecular complexity index is 1100. The van der Waals surface area contributed by atoms with Gasteiger partial charge in [0.25, 0.3) is 0 Å². The molecule has 0 heterocycles. The molecule has 2 aromatic carbocycles. The fourth-order valence-corrected chi connectivity index (χ4v) is 5.75. The van der Waals surface area contributed by atoms with Gasteiger partial charge < -0.3 is 20.5 Å². The third-order valence-corrected chi connectivity index (χ3v) is 7.97. The molecule has 0 radical (unpaired) electrons. The monoisotopic (exact) mass is 476 g/mol. The van der Waals surface area contributed by atoms with Crippen molar-refractivity contribution in [2.24, 2.45) is 11.8 Å². The summed E-state index contributed by atoms with van der Waals surface area (Å²) in [6.45, 7) is 1.80. The van der Waals surface area contributed by atoms with Crippen molar-refractivity contribution in [2.45, 2.75) is 62.9 Å². The van der Waals surface area contributed by atoms with E-state index in [-0.39, 0.29) is 30.4 Å². The molecule has 0 aliphatic heterocycles. The lowest BCUT2D eigenvalue weighted by Crippen LogP contribution is -2.58. The predicted molar refractivity (Wildman–Crippen MR) is 131 cm³/mol. The first-order valence-corrected chi connectivity index (χ1v) is 12.6. The van der Waals surface area contributed by atoms with E-state index in [1.165, 1.54) is 11.1 Å². The van der Waals surface area contributed by atoms with Gasteiger partial charge in [-0.3, -0.25) is 4.79 Å². The highest BCUT2D eigenvalue weighted by Gasteiger charge is 2.49. The van der Waals surface area contributed by atoms with Crippen LogP contribution >= 0.6 is 0 Å². The number of rotatable bonds is 7. The summed E-state index contributed by atoms with van der Waals surface area (Å²) in [5, 5.41) is 15.4. The number of fused-ring (bicyclic) bond motifs is 3. The van der Waals surface area contributed by atoms with Gasteiger partial charge in [0, 0.05) is 12.0 Å². The van der Waals surface area contributed by atoms with Crippen LogP contribution in [-0.4, -0.2) is 41.3 Å². The zero-order chi connectivity index (χ0) is 24.6. The molecule has 0 spiro atoms. The van der Waals surface area contributed by atoms with Crippen molar-refractivity contribution in [3.05, 3.63) is 59.7 Å². The molecule has 2 fully saturated rings. The summed E-state index contributed by atoms with van der Waals surface area (Å²) >= 11 is 0. The molecule has 0 aromatic heterocycles. The zero-order valence-corrected chi connectivity index (χ0v) is 20.0. The first kappa shape index (κ1) is 23.4. The summed E-state index contributed by atoms with van der Waals surface area (Å²) in [5.74, 6) is -1.85. The van der Waals surface area contributed by atoms with Crippen LogP contribution in [0.25, 0.3) is 11.1 Å². The van der Waals surface area contributed by atoms with E-state index >= 15 is 0 Å². The molecule has 5 rings (SSSR count). The Morgan fingerprint density at radius 1 is 0.943 bits per heavy atom. The van der Waals surface area contributed by atoms with Gasteiger partial charge in [-0.2, -0.15) is 0 Å². The van der Waals surface area contributed by atoms with E-state index in [0.717, 1.165) is 36.8 Å². The summed E-state index contributed by atoms with van der Waals surface area (Å²) in [6, 6.07) is 16.0. The van der Waals surface area contributed by atoms with Crippen LogP contribution in [0.2, 0.25) is 0 Å². The smallest absolute Gasteiger partial charge is 0.407 e. The molecule has 2 aromatic rings. The molecule has 3 N–H and O–H groups in total. The number of aliphatic carboxylic acids is 1. The Morgan fingerprint density at radius 3 is 2.14 bits per heavy atom. The lowest BCUT2D eigenvalue weighted by Gasteiger charge is -2.34. The molecule has 7 nitrogen and oxygen atoms in total. The number of hydrogen-bond donors (Lipinski definition) is 3. The fraction of sp³-hybridized carbons (Fsp3) is 0.464. The van der Waals surface area contributed by atoms with Crippen molar-refractivity contribution in [1.82, 2.24) is 10.6 Å². The lowest BCUT2D eigenvalue weighted by atomic mass is 9.83. The van der Waals surface area contributed by atoms with Crippen LogP contribution in [0.1, 0.15) is 62.5 Å². The average Bonchev–Trinajstić information content (AvgIpc) is 3.67. The third-order valence-electron chi connectivity index (χ3n) is 7.97.